The number of hydrogen-bond donors (Lipinski definition) is 2. The summed E-state index contributed by atoms with van der Waals surface area (Å²) in [6.45, 7) is 0. The fourth-order valence-corrected chi connectivity index (χ4v) is 2.39. The van der Waals surface area contributed by atoms with Gasteiger partial charge in [0, 0.05) is 5.39 Å². The fraction of sp³-hybridized carbons (Fsp3) is 0. The number of phenolic OH excluding ortho intramolecular Hbond substituents is 1. The van der Waals surface area contributed by atoms with Crippen molar-refractivity contribution >= 4 is 20.9 Å². The predicted molar refractivity (Wildman–Crippen MR) is 56.5 cm³/mol. The molecule has 0 radical (unpaired) electrons. The quantitative estimate of drug-likeness (QED) is 0.616. The van der Waals surface area contributed by atoms with Crippen LogP contribution < -0.4 is 0 Å². The van der Waals surface area contributed by atoms with Gasteiger partial charge in [0.25, 0.3) is 0 Å². The van der Waals surface area contributed by atoms with E-state index in [0.717, 1.165) is 0 Å². The lowest BCUT2D eigenvalue weighted by atomic mass is 10.1. The van der Waals surface area contributed by atoms with Crippen LogP contribution in [-0.2, 0) is 14.5 Å². The molecule has 0 amide bonds. The van der Waals surface area contributed by atoms with Gasteiger partial charge in [0.2, 0.25) is 0 Å². The normalized spacial score (nSPS) is 11.8. The average molecular weight is 240 g/mol. The minimum absolute atomic E-state index is 0.288. The zero-order chi connectivity index (χ0) is 11.8. The second-order valence-electron chi connectivity index (χ2n) is 3.16. The van der Waals surface area contributed by atoms with Crippen molar-refractivity contribution < 1.29 is 23.1 Å². The third kappa shape index (κ3) is 1.63. The van der Waals surface area contributed by atoms with E-state index in [-0.39, 0.29) is 5.39 Å². The Kier molecular flexibility index (Phi) is 2.55. The van der Waals surface area contributed by atoms with Crippen LogP contribution in [0, 0.1) is 0 Å². The molecule has 0 spiro atoms. The second-order valence-corrected chi connectivity index (χ2v) is 4.63. The van der Waals surface area contributed by atoms with E-state index in [9.17, 15) is 13.5 Å². The monoisotopic (exact) mass is 240 g/mol. The Labute approximate surface area is 91.6 Å². The standard InChI is InChI=1S/C10H8O5S/c11-9-6-5-7-3-1-2-4-8(7)10(9)16(13,14)15-12/h1-6,11-12H. The molecule has 0 heterocycles. The molecule has 0 aliphatic rings. The van der Waals surface area contributed by atoms with Crippen LogP contribution in [0.15, 0.2) is 41.3 Å². The van der Waals surface area contributed by atoms with Crippen LogP contribution in [0.5, 0.6) is 5.75 Å². The van der Waals surface area contributed by atoms with Gasteiger partial charge in [-0.3, -0.25) is 0 Å². The molecule has 2 aromatic rings. The molecule has 0 saturated carbocycles. The molecule has 2 aromatic carbocycles. The number of phenols is 1. The third-order valence-corrected chi connectivity index (χ3v) is 3.33. The Bertz CT molecular complexity index is 633. The minimum atomic E-state index is -4.35. The van der Waals surface area contributed by atoms with E-state index >= 15 is 0 Å². The summed E-state index contributed by atoms with van der Waals surface area (Å²) in [6.07, 6.45) is 0. The first-order valence-electron chi connectivity index (χ1n) is 4.35. The van der Waals surface area contributed by atoms with E-state index in [1.807, 2.05) is 0 Å². The van der Waals surface area contributed by atoms with Crippen molar-refractivity contribution in [1.29, 1.82) is 0 Å². The molecule has 0 unspecified atom stereocenters. The van der Waals surface area contributed by atoms with Gasteiger partial charge < -0.3 is 5.11 Å². The number of fused-ring (bicyclic) bond motifs is 1. The van der Waals surface area contributed by atoms with Crippen molar-refractivity contribution in [3.05, 3.63) is 36.4 Å². The summed E-state index contributed by atoms with van der Waals surface area (Å²) < 4.78 is 26.2. The smallest absolute Gasteiger partial charge is 0.327 e. The third-order valence-electron chi connectivity index (χ3n) is 2.21. The lowest BCUT2D eigenvalue weighted by Crippen LogP contribution is -2.04. The van der Waals surface area contributed by atoms with Crippen LogP contribution in [0.3, 0.4) is 0 Å². The topological polar surface area (TPSA) is 83.8 Å². The summed E-state index contributed by atoms with van der Waals surface area (Å²) in [5, 5.41) is 18.7. The van der Waals surface area contributed by atoms with Crippen LogP contribution >= 0.6 is 0 Å². The maximum Gasteiger partial charge on any atom is 0.327 e. The lowest BCUT2D eigenvalue weighted by Gasteiger charge is -2.06. The van der Waals surface area contributed by atoms with Gasteiger partial charge in [0.1, 0.15) is 10.6 Å². The van der Waals surface area contributed by atoms with Crippen molar-refractivity contribution in [2.45, 2.75) is 4.90 Å². The second kappa shape index (κ2) is 3.75. The van der Waals surface area contributed by atoms with E-state index in [1.165, 1.54) is 12.1 Å². The van der Waals surface area contributed by atoms with Gasteiger partial charge in [-0.05, 0) is 11.5 Å². The number of benzene rings is 2. The molecule has 0 aromatic heterocycles. The first kappa shape index (κ1) is 10.9. The molecule has 2 N–H and O–H groups in total. The zero-order valence-corrected chi connectivity index (χ0v) is 8.81. The van der Waals surface area contributed by atoms with E-state index in [2.05, 4.69) is 4.33 Å². The van der Waals surface area contributed by atoms with Crippen LogP contribution in [0.4, 0.5) is 0 Å². The summed E-state index contributed by atoms with van der Waals surface area (Å²) in [4.78, 5) is -0.437. The van der Waals surface area contributed by atoms with Gasteiger partial charge >= 0.3 is 10.1 Å². The highest BCUT2D eigenvalue weighted by Gasteiger charge is 2.22. The molecule has 6 heteroatoms. The zero-order valence-electron chi connectivity index (χ0n) is 7.99. The Balaban J connectivity index is 2.92. The highest BCUT2D eigenvalue weighted by atomic mass is 32.2. The highest BCUT2D eigenvalue weighted by Crippen LogP contribution is 2.31. The maximum atomic E-state index is 11.4. The van der Waals surface area contributed by atoms with Gasteiger partial charge in [0.05, 0.1) is 0 Å². The SMILES string of the molecule is O=S(=O)(OO)c1c(O)ccc2ccccc12. The Morgan fingerprint density at radius 2 is 1.75 bits per heavy atom. The van der Waals surface area contributed by atoms with E-state index in [4.69, 9.17) is 5.26 Å². The first-order valence-corrected chi connectivity index (χ1v) is 5.76. The van der Waals surface area contributed by atoms with E-state index in [0.29, 0.717) is 5.39 Å². The largest absolute Gasteiger partial charge is 0.506 e. The van der Waals surface area contributed by atoms with Crippen LogP contribution in [0.25, 0.3) is 10.8 Å². The molecular formula is C10H8O5S. The van der Waals surface area contributed by atoms with Crippen molar-refractivity contribution in [2.24, 2.45) is 0 Å². The minimum Gasteiger partial charge on any atom is -0.506 e. The Hall–Kier alpha value is -1.63. The van der Waals surface area contributed by atoms with E-state index in [1.54, 1.807) is 24.3 Å². The van der Waals surface area contributed by atoms with Gasteiger partial charge in [0.15, 0.2) is 0 Å². The summed E-state index contributed by atoms with van der Waals surface area (Å²) in [5.74, 6) is -0.465. The van der Waals surface area contributed by atoms with Gasteiger partial charge in [-0.15, -0.1) is 4.33 Å². The molecular weight excluding hydrogens is 232 g/mol. The lowest BCUT2D eigenvalue weighted by molar-refractivity contribution is -0.130. The fourth-order valence-electron chi connectivity index (χ4n) is 1.53. The molecule has 16 heavy (non-hydrogen) atoms. The van der Waals surface area contributed by atoms with Crippen LogP contribution in [0.1, 0.15) is 0 Å². The summed E-state index contributed by atoms with van der Waals surface area (Å²) in [6, 6.07) is 9.36. The molecule has 5 nitrogen and oxygen atoms in total. The summed E-state index contributed by atoms with van der Waals surface area (Å²) in [7, 11) is -4.35. The molecule has 84 valence electrons. The maximum absolute atomic E-state index is 11.4. The molecule has 0 saturated heterocycles. The average Bonchev–Trinajstić information content (AvgIpc) is 2.28. The molecule has 0 aliphatic heterocycles. The number of rotatable bonds is 2. The summed E-state index contributed by atoms with van der Waals surface area (Å²) in [5.41, 5.74) is 0. The van der Waals surface area contributed by atoms with Crippen LogP contribution in [0.2, 0.25) is 0 Å². The molecule has 0 fully saturated rings. The first-order chi connectivity index (χ1) is 7.56. The molecule has 0 aliphatic carbocycles. The highest BCUT2D eigenvalue weighted by molar-refractivity contribution is 7.87. The molecule has 0 atom stereocenters. The van der Waals surface area contributed by atoms with Gasteiger partial charge in [-0.25, -0.2) is 5.26 Å². The molecule has 0 bridgehead atoms. The van der Waals surface area contributed by atoms with Crippen LogP contribution in [-0.4, -0.2) is 18.8 Å². The number of hydrogen-bond acceptors (Lipinski definition) is 5. The van der Waals surface area contributed by atoms with Crippen molar-refractivity contribution in [3.8, 4) is 5.75 Å². The van der Waals surface area contributed by atoms with Crippen molar-refractivity contribution in [3.63, 3.8) is 0 Å². The number of aromatic hydroxyl groups is 1. The predicted octanol–water partition coefficient (Wildman–Crippen LogP) is 1.72. The Morgan fingerprint density at radius 1 is 1.06 bits per heavy atom. The Morgan fingerprint density at radius 3 is 2.44 bits per heavy atom. The van der Waals surface area contributed by atoms with E-state index < -0.39 is 20.8 Å². The molecule has 2 rings (SSSR count). The van der Waals surface area contributed by atoms with Gasteiger partial charge in [-0.2, -0.15) is 8.42 Å². The van der Waals surface area contributed by atoms with Crippen molar-refractivity contribution in [2.75, 3.05) is 0 Å². The van der Waals surface area contributed by atoms with Gasteiger partial charge in [-0.1, -0.05) is 30.3 Å². The summed E-state index contributed by atoms with van der Waals surface area (Å²) >= 11 is 0. The van der Waals surface area contributed by atoms with Crippen molar-refractivity contribution in [1.82, 2.24) is 0 Å².